The summed E-state index contributed by atoms with van der Waals surface area (Å²) in [5.41, 5.74) is 6.09. The van der Waals surface area contributed by atoms with E-state index in [1.165, 1.54) is 0 Å². The number of piperazine rings is 1. The summed E-state index contributed by atoms with van der Waals surface area (Å²) in [6, 6.07) is 7.49. The van der Waals surface area contributed by atoms with Gasteiger partial charge in [0.1, 0.15) is 11.9 Å². The molecule has 2 fully saturated rings. The number of aromatic nitrogens is 1. The number of nitrogens with two attached hydrogens (primary N) is 1. The topological polar surface area (TPSA) is 89.5 Å². The molecule has 7 nitrogen and oxygen atoms in total. The molecule has 7 heteroatoms. The first-order valence-electron chi connectivity index (χ1n) is 10.0. The van der Waals surface area contributed by atoms with Gasteiger partial charge in [-0.15, -0.1) is 0 Å². The summed E-state index contributed by atoms with van der Waals surface area (Å²) in [6.07, 6.45) is 6.21. The van der Waals surface area contributed by atoms with Crippen LogP contribution >= 0.6 is 0 Å². The summed E-state index contributed by atoms with van der Waals surface area (Å²) >= 11 is 0. The third-order valence-electron chi connectivity index (χ3n) is 5.59. The van der Waals surface area contributed by atoms with Gasteiger partial charge in [0.15, 0.2) is 0 Å². The van der Waals surface area contributed by atoms with Crippen molar-refractivity contribution in [3.8, 4) is 6.07 Å². The van der Waals surface area contributed by atoms with Crippen LogP contribution in [0.1, 0.15) is 32.1 Å². The highest BCUT2D eigenvalue weighted by atomic mass is 16.2. The minimum Gasteiger partial charge on any atom is -0.354 e. The Kier molecular flexibility index (Phi) is 7.02. The van der Waals surface area contributed by atoms with Crippen molar-refractivity contribution in [2.24, 2.45) is 5.73 Å². The van der Waals surface area contributed by atoms with Crippen molar-refractivity contribution in [2.75, 3.05) is 44.2 Å². The van der Waals surface area contributed by atoms with Gasteiger partial charge in [-0.05, 0) is 44.4 Å². The minimum atomic E-state index is -0.472. The van der Waals surface area contributed by atoms with Crippen LogP contribution in [0.4, 0.5) is 5.82 Å². The molecule has 1 aromatic heterocycles. The number of hydrogen-bond donors (Lipinski definition) is 1. The lowest BCUT2D eigenvalue weighted by Gasteiger charge is -2.35. The Balaban J connectivity index is 1.31. The van der Waals surface area contributed by atoms with E-state index in [1.54, 1.807) is 4.90 Å². The van der Waals surface area contributed by atoms with Crippen LogP contribution in [0.3, 0.4) is 0 Å². The Hall–Kier alpha value is -2.17. The van der Waals surface area contributed by atoms with Gasteiger partial charge in [0.05, 0.1) is 12.1 Å². The van der Waals surface area contributed by atoms with E-state index in [0.717, 1.165) is 64.2 Å². The lowest BCUT2D eigenvalue weighted by molar-refractivity contribution is -0.132. The normalized spacial score (nSPS) is 21.9. The maximum Gasteiger partial charge on any atom is 0.240 e. The number of likely N-dealkylation sites (tertiary alicyclic amines) is 1. The number of unbranched alkanes of at least 4 members (excludes halogenated alkanes) is 1. The summed E-state index contributed by atoms with van der Waals surface area (Å²) in [4.78, 5) is 23.3. The second-order valence-corrected chi connectivity index (χ2v) is 7.44. The molecule has 0 aliphatic carbocycles. The molecule has 0 saturated carbocycles. The van der Waals surface area contributed by atoms with E-state index in [9.17, 15) is 4.79 Å². The van der Waals surface area contributed by atoms with Gasteiger partial charge in [0.2, 0.25) is 5.91 Å². The van der Waals surface area contributed by atoms with Gasteiger partial charge in [-0.3, -0.25) is 9.69 Å². The molecule has 1 amide bonds. The SMILES string of the molecule is N#C[C@@H]1CCCN1C(=O)[C@@H](N)CCCCN1CCN(c2ccccn2)CC1. The number of nitrogens with zero attached hydrogens (tertiary/aromatic N) is 5. The van der Waals surface area contributed by atoms with E-state index in [0.29, 0.717) is 13.0 Å². The summed E-state index contributed by atoms with van der Waals surface area (Å²) in [6.45, 7) is 5.80. The molecule has 3 heterocycles. The molecule has 27 heavy (non-hydrogen) atoms. The van der Waals surface area contributed by atoms with Crippen molar-refractivity contribution in [3.05, 3.63) is 24.4 Å². The molecule has 1 aromatic rings. The smallest absolute Gasteiger partial charge is 0.240 e. The van der Waals surface area contributed by atoms with Crippen LogP contribution in [0.5, 0.6) is 0 Å². The van der Waals surface area contributed by atoms with Crippen molar-refractivity contribution in [1.29, 1.82) is 5.26 Å². The second-order valence-electron chi connectivity index (χ2n) is 7.44. The monoisotopic (exact) mass is 370 g/mol. The van der Waals surface area contributed by atoms with Gasteiger partial charge in [0.25, 0.3) is 0 Å². The zero-order valence-electron chi connectivity index (χ0n) is 16.0. The average molecular weight is 371 g/mol. The minimum absolute atomic E-state index is 0.0528. The quantitative estimate of drug-likeness (QED) is 0.726. The summed E-state index contributed by atoms with van der Waals surface area (Å²) in [5, 5.41) is 9.12. The standard InChI is InChI=1S/C20H30N6O/c21-16-17-6-5-11-26(17)20(27)18(22)7-2-4-10-24-12-14-25(15-13-24)19-8-1-3-9-23-19/h1,3,8-9,17-18H,2,4-7,10-15,22H2/t17-,18-/m0/s1. The molecule has 2 aliphatic rings. The number of amides is 1. The maximum atomic E-state index is 12.4. The molecule has 2 aliphatic heterocycles. The molecular weight excluding hydrogens is 340 g/mol. The van der Waals surface area contributed by atoms with Crippen LogP contribution in [0.2, 0.25) is 0 Å². The maximum absolute atomic E-state index is 12.4. The van der Waals surface area contributed by atoms with Crippen molar-refractivity contribution in [3.63, 3.8) is 0 Å². The number of carbonyl (C=O) groups is 1. The van der Waals surface area contributed by atoms with Crippen molar-refractivity contribution >= 4 is 11.7 Å². The Labute approximate surface area is 161 Å². The van der Waals surface area contributed by atoms with E-state index >= 15 is 0 Å². The number of anilines is 1. The van der Waals surface area contributed by atoms with Crippen molar-refractivity contribution in [1.82, 2.24) is 14.8 Å². The van der Waals surface area contributed by atoms with Crippen LogP contribution in [0, 0.1) is 11.3 Å². The number of pyridine rings is 1. The summed E-state index contributed by atoms with van der Waals surface area (Å²) in [5.74, 6) is 1.00. The van der Waals surface area contributed by atoms with Gasteiger partial charge in [-0.2, -0.15) is 5.26 Å². The molecular formula is C20H30N6O. The third kappa shape index (κ3) is 5.18. The Morgan fingerprint density at radius 2 is 2.07 bits per heavy atom. The first kappa shape index (κ1) is 19.6. The number of rotatable bonds is 7. The second kappa shape index (κ2) is 9.67. The van der Waals surface area contributed by atoms with Crippen molar-refractivity contribution in [2.45, 2.75) is 44.2 Å². The predicted molar refractivity (Wildman–Crippen MR) is 105 cm³/mol. The van der Waals surface area contributed by atoms with Crippen LogP contribution in [0.25, 0.3) is 0 Å². The van der Waals surface area contributed by atoms with E-state index in [2.05, 4.69) is 26.9 Å². The molecule has 2 saturated heterocycles. The van der Waals surface area contributed by atoms with Crippen LogP contribution in [-0.2, 0) is 4.79 Å². The highest BCUT2D eigenvalue weighted by Gasteiger charge is 2.31. The molecule has 0 spiro atoms. The molecule has 0 bridgehead atoms. The lowest BCUT2D eigenvalue weighted by Crippen LogP contribution is -2.47. The zero-order valence-corrected chi connectivity index (χ0v) is 16.0. The fraction of sp³-hybridized carbons (Fsp3) is 0.650. The largest absolute Gasteiger partial charge is 0.354 e. The van der Waals surface area contributed by atoms with Crippen LogP contribution in [0.15, 0.2) is 24.4 Å². The van der Waals surface area contributed by atoms with E-state index < -0.39 is 6.04 Å². The highest BCUT2D eigenvalue weighted by Crippen LogP contribution is 2.18. The van der Waals surface area contributed by atoms with Gasteiger partial charge >= 0.3 is 0 Å². The first-order valence-corrected chi connectivity index (χ1v) is 10.0. The van der Waals surface area contributed by atoms with Gasteiger partial charge < -0.3 is 15.5 Å². The first-order chi connectivity index (χ1) is 13.2. The molecule has 0 aromatic carbocycles. The van der Waals surface area contributed by atoms with E-state index in [4.69, 9.17) is 11.0 Å². The van der Waals surface area contributed by atoms with Crippen LogP contribution in [-0.4, -0.2) is 72.0 Å². The fourth-order valence-electron chi connectivity index (χ4n) is 3.94. The molecule has 2 atom stereocenters. The average Bonchev–Trinajstić information content (AvgIpc) is 3.20. The lowest BCUT2D eigenvalue weighted by atomic mass is 10.1. The fourth-order valence-corrected chi connectivity index (χ4v) is 3.94. The molecule has 2 N–H and O–H groups in total. The molecule has 0 unspecified atom stereocenters. The predicted octanol–water partition coefficient (Wildman–Crippen LogP) is 1.22. The van der Waals surface area contributed by atoms with Crippen LogP contribution < -0.4 is 10.6 Å². The van der Waals surface area contributed by atoms with Gasteiger partial charge in [-0.1, -0.05) is 12.5 Å². The molecule has 0 radical (unpaired) electrons. The molecule has 3 rings (SSSR count). The third-order valence-corrected chi connectivity index (χ3v) is 5.59. The van der Waals surface area contributed by atoms with Gasteiger partial charge in [-0.25, -0.2) is 4.98 Å². The van der Waals surface area contributed by atoms with E-state index in [-0.39, 0.29) is 11.9 Å². The zero-order chi connectivity index (χ0) is 19.1. The summed E-state index contributed by atoms with van der Waals surface area (Å²) in [7, 11) is 0. The van der Waals surface area contributed by atoms with E-state index in [1.807, 2.05) is 18.3 Å². The molecule has 146 valence electrons. The highest BCUT2D eigenvalue weighted by molar-refractivity contribution is 5.82. The number of hydrogen-bond acceptors (Lipinski definition) is 6. The van der Waals surface area contributed by atoms with Crippen molar-refractivity contribution < 1.29 is 4.79 Å². The summed E-state index contributed by atoms with van der Waals surface area (Å²) < 4.78 is 0. The van der Waals surface area contributed by atoms with Gasteiger partial charge in [0, 0.05) is 38.9 Å². The number of nitriles is 1. The Morgan fingerprint density at radius 3 is 2.78 bits per heavy atom. The Bertz CT molecular complexity index is 638. The number of carbonyl (C=O) groups excluding carboxylic acids is 1. The Morgan fingerprint density at radius 1 is 1.26 bits per heavy atom.